The fourth-order valence-corrected chi connectivity index (χ4v) is 2.71. The molecule has 0 aliphatic heterocycles. The van der Waals surface area contributed by atoms with Gasteiger partial charge >= 0.3 is 5.97 Å². The number of aromatic nitrogens is 2. The summed E-state index contributed by atoms with van der Waals surface area (Å²) in [6, 6.07) is 0. The minimum atomic E-state index is -3.87. The van der Waals surface area contributed by atoms with Crippen molar-refractivity contribution in [2.24, 2.45) is 0 Å². The Labute approximate surface area is 105 Å². The molecule has 0 radical (unpaired) electrons. The average molecular weight is 276 g/mol. The number of carboxylic acids is 1. The SMILES string of the molecule is Cc1[nH]nc(C(=O)O)c1S(=O)(=O)NCCN(C)C. The molecule has 102 valence electrons. The third kappa shape index (κ3) is 3.28. The summed E-state index contributed by atoms with van der Waals surface area (Å²) in [6.07, 6.45) is 0. The number of nitrogens with zero attached hydrogens (tertiary/aromatic N) is 2. The van der Waals surface area contributed by atoms with Crippen molar-refractivity contribution < 1.29 is 18.3 Å². The number of rotatable bonds is 6. The van der Waals surface area contributed by atoms with Gasteiger partial charge in [0.2, 0.25) is 10.0 Å². The van der Waals surface area contributed by atoms with Gasteiger partial charge in [0.05, 0.1) is 5.69 Å². The van der Waals surface area contributed by atoms with Gasteiger partial charge in [-0.15, -0.1) is 0 Å². The number of sulfonamides is 1. The van der Waals surface area contributed by atoms with E-state index in [2.05, 4.69) is 14.9 Å². The van der Waals surface area contributed by atoms with E-state index in [9.17, 15) is 13.2 Å². The second-order valence-electron chi connectivity index (χ2n) is 4.03. The van der Waals surface area contributed by atoms with Crippen LogP contribution in [0.2, 0.25) is 0 Å². The fourth-order valence-electron chi connectivity index (χ4n) is 1.37. The summed E-state index contributed by atoms with van der Waals surface area (Å²) in [5.74, 6) is -1.38. The van der Waals surface area contributed by atoms with Gasteiger partial charge in [-0.1, -0.05) is 0 Å². The van der Waals surface area contributed by atoms with E-state index in [1.165, 1.54) is 6.92 Å². The molecule has 1 aromatic rings. The van der Waals surface area contributed by atoms with Crippen molar-refractivity contribution in [1.82, 2.24) is 19.8 Å². The summed E-state index contributed by atoms with van der Waals surface area (Å²) in [5.41, 5.74) is -0.297. The van der Waals surface area contributed by atoms with Crippen LogP contribution in [0.15, 0.2) is 4.90 Å². The van der Waals surface area contributed by atoms with E-state index in [1.54, 1.807) is 14.1 Å². The maximum Gasteiger partial charge on any atom is 0.357 e. The van der Waals surface area contributed by atoms with Crippen LogP contribution >= 0.6 is 0 Å². The molecule has 1 aromatic heterocycles. The Balaban J connectivity index is 2.98. The van der Waals surface area contributed by atoms with Crippen molar-refractivity contribution >= 4 is 16.0 Å². The topological polar surface area (TPSA) is 115 Å². The van der Waals surface area contributed by atoms with E-state index < -0.39 is 21.7 Å². The van der Waals surface area contributed by atoms with E-state index in [-0.39, 0.29) is 17.1 Å². The van der Waals surface area contributed by atoms with E-state index in [0.717, 1.165) is 0 Å². The highest BCUT2D eigenvalue weighted by atomic mass is 32.2. The summed E-state index contributed by atoms with van der Waals surface area (Å²) in [4.78, 5) is 12.4. The number of likely N-dealkylation sites (N-methyl/N-ethyl adjacent to an activating group) is 1. The number of nitrogens with one attached hydrogen (secondary N) is 2. The van der Waals surface area contributed by atoms with Gasteiger partial charge in [0, 0.05) is 13.1 Å². The number of carbonyl (C=O) groups is 1. The van der Waals surface area contributed by atoms with Gasteiger partial charge in [-0.2, -0.15) is 5.10 Å². The van der Waals surface area contributed by atoms with Crippen LogP contribution in [0, 0.1) is 6.92 Å². The lowest BCUT2D eigenvalue weighted by Crippen LogP contribution is -2.32. The zero-order valence-electron chi connectivity index (χ0n) is 10.4. The first-order chi connectivity index (χ1) is 8.25. The Morgan fingerprint density at radius 3 is 2.61 bits per heavy atom. The molecule has 0 atom stereocenters. The van der Waals surface area contributed by atoms with Gasteiger partial charge in [0.1, 0.15) is 4.90 Å². The Morgan fingerprint density at radius 2 is 2.11 bits per heavy atom. The monoisotopic (exact) mass is 276 g/mol. The second-order valence-corrected chi connectivity index (χ2v) is 5.74. The molecule has 0 unspecified atom stereocenters. The molecule has 0 aliphatic carbocycles. The van der Waals surface area contributed by atoms with Crippen LogP contribution in [0.5, 0.6) is 0 Å². The largest absolute Gasteiger partial charge is 0.476 e. The number of aryl methyl sites for hydroxylation is 1. The maximum absolute atomic E-state index is 12.0. The third-order valence-corrected chi connectivity index (χ3v) is 3.83. The molecular weight excluding hydrogens is 260 g/mol. The van der Waals surface area contributed by atoms with Crippen molar-refractivity contribution in [3.63, 3.8) is 0 Å². The number of H-pyrrole nitrogens is 1. The second kappa shape index (κ2) is 5.46. The van der Waals surface area contributed by atoms with Crippen molar-refractivity contribution in [1.29, 1.82) is 0 Å². The predicted molar refractivity (Wildman–Crippen MR) is 64.0 cm³/mol. The quantitative estimate of drug-likeness (QED) is 0.630. The smallest absolute Gasteiger partial charge is 0.357 e. The van der Waals surface area contributed by atoms with Crippen LogP contribution < -0.4 is 4.72 Å². The molecule has 3 N–H and O–H groups in total. The Kier molecular flexibility index (Phi) is 4.43. The molecule has 0 bridgehead atoms. The minimum Gasteiger partial charge on any atom is -0.476 e. The number of aromatic carboxylic acids is 1. The molecule has 0 saturated heterocycles. The van der Waals surface area contributed by atoms with Crippen LogP contribution in [-0.4, -0.2) is 61.8 Å². The molecule has 0 aliphatic rings. The van der Waals surface area contributed by atoms with Crippen molar-refractivity contribution in [2.75, 3.05) is 27.2 Å². The van der Waals surface area contributed by atoms with Gasteiger partial charge in [0.15, 0.2) is 5.69 Å². The standard InChI is InChI=1S/C9H16N4O4S/c1-6-8(7(9(14)15)12-11-6)18(16,17)10-4-5-13(2)3/h10H,4-5H2,1-3H3,(H,11,12)(H,14,15). The number of hydrogen-bond acceptors (Lipinski definition) is 5. The molecular formula is C9H16N4O4S. The first kappa shape index (κ1) is 14.6. The molecule has 1 rings (SSSR count). The maximum atomic E-state index is 12.0. The molecule has 1 heterocycles. The van der Waals surface area contributed by atoms with Crippen LogP contribution in [0.4, 0.5) is 0 Å². The number of carboxylic acid groups (broad SMARTS) is 1. The van der Waals surface area contributed by atoms with Gasteiger partial charge in [-0.05, 0) is 21.0 Å². The fraction of sp³-hybridized carbons (Fsp3) is 0.556. The predicted octanol–water partition coefficient (Wildman–Crippen LogP) is -0.744. The van der Waals surface area contributed by atoms with E-state index in [0.29, 0.717) is 6.54 Å². The van der Waals surface area contributed by atoms with E-state index in [4.69, 9.17) is 5.11 Å². The van der Waals surface area contributed by atoms with E-state index in [1.807, 2.05) is 4.90 Å². The first-order valence-corrected chi connectivity index (χ1v) is 6.66. The molecule has 18 heavy (non-hydrogen) atoms. The highest BCUT2D eigenvalue weighted by Gasteiger charge is 2.27. The Morgan fingerprint density at radius 1 is 1.50 bits per heavy atom. The van der Waals surface area contributed by atoms with Gasteiger partial charge < -0.3 is 10.0 Å². The van der Waals surface area contributed by atoms with Crippen LogP contribution in [0.25, 0.3) is 0 Å². The zero-order valence-corrected chi connectivity index (χ0v) is 11.2. The van der Waals surface area contributed by atoms with Crippen LogP contribution in [0.3, 0.4) is 0 Å². The Hall–Kier alpha value is -1.45. The summed E-state index contributed by atoms with van der Waals surface area (Å²) in [7, 11) is -0.259. The van der Waals surface area contributed by atoms with Crippen LogP contribution in [-0.2, 0) is 10.0 Å². The summed E-state index contributed by atoms with van der Waals surface area (Å²) >= 11 is 0. The minimum absolute atomic E-state index is 0.193. The van der Waals surface area contributed by atoms with Gasteiger partial charge in [0.25, 0.3) is 0 Å². The molecule has 9 heteroatoms. The Bertz CT molecular complexity index is 535. The van der Waals surface area contributed by atoms with Crippen molar-refractivity contribution in [3.05, 3.63) is 11.4 Å². The lowest BCUT2D eigenvalue weighted by Gasteiger charge is -2.10. The van der Waals surface area contributed by atoms with Gasteiger partial charge in [-0.25, -0.2) is 17.9 Å². The molecule has 0 fully saturated rings. The number of hydrogen-bond donors (Lipinski definition) is 3. The third-order valence-electron chi connectivity index (χ3n) is 2.21. The molecule has 0 saturated carbocycles. The lowest BCUT2D eigenvalue weighted by molar-refractivity contribution is 0.0686. The van der Waals surface area contributed by atoms with E-state index >= 15 is 0 Å². The first-order valence-electron chi connectivity index (χ1n) is 5.18. The molecule has 8 nitrogen and oxygen atoms in total. The zero-order chi connectivity index (χ0) is 13.9. The summed E-state index contributed by atoms with van der Waals surface area (Å²) < 4.78 is 26.3. The lowest BCUT2D eigenvalue weighted by atomic mass is 10.4. The molecule has 0 spiro atoms. The normalized spacial score (nSPS) is 12.0. The molecule has 0 amide bonds. The summed E-state index contributed by atoms with van der Waals surface area (Å²) in [6.45, 7) is 2.16. The highest BCUT2D eigenvalue weighted by molar-refractivity contribution is 7.89. The average Bonchev–Trinajstić information content (AvgIpc) is 2.59. The van der Waals surface area contributed by atoms with Crippen LogP contribution in [0.1, 0.15) is 16.2 Å². The highest BCUT2D eigenvalue weighted by Crippen LogP contribution is 2.17. The summed E-state index contributed by atoms with van der Waals surface area (Å²) in [5, 5.41) is 14.7. The van der Waals surface area contributed by atoms with Gasteiger partial charge in [-0.3, -0.25) is 5.10 Å². The van der Waals surface area contributed by atoms with Crippen molar-refractivity contribution in [3.8, 4) is 0 Å². The van der Waals surface area contributed by atoms with Crippen molar-refractivity contribution in [2.45, 2.75) is 11.8 Å². The molecule has 0 aromatic carbocycles. The number of aromatic amines is 1.